The Bertz CT molecular complexity index is 166. The molecule has 0 aliphatic heterocycles. The topological polar surface area (TPSA) is 0 Å². The zero-order valence-corrected chi connectivity index (χ0v) is 3.23. The maximum absolute atomic E-state index is 6.96. The van der Waals surface area contributed by atoms with Crippen LogP contribution in [0.25, 0.3) is 0 Å². The smallest absolute Gasteiger partial charge is 0.0622 e. The number of hydrogen-bond donors (Lipinski definition) is 0. The van der Waals surface area contributed by atoms with Gasteiger partial charge in [0.15, 0.2) is 0 Å². The van der Waals surface area contributed by atoms with Gasteiger partial charge in [0.25, 0.3) is 0 Å². The molecule has 1 aromatic rings. The van der Waals surface area contributed by atoms with Crippen LogP contribution in [-0.4, -0.2) is 0 Å². The quantitative estimate of drug-likeness (QED) is 0.442. The molecule has 0 heteroatoms. The lowest BCUT2D eigenvalue weighted by Crippen LogP contribution is -1.49. The van der Waals surface area contributed by atoms with Crippen molar-refractivity contribution in [1.29, 1.82) is 0 Å². The molecular formula is C6H5. The summed E-state index contributed by atoms with van der Waals surface area (Å²) in [6, 6.07) is 7.91. The highest BCUT2D eigenvalue weighted by Gasteiger charge is 1.58. The second kappa shape index (κ2) is 1.61. The molecule has 0 spiro atoms. The fraction of sp³-hybridized carbons (Fsp3) is 0. The van der Waals surface area contributed by atoms with E-state index >= 15 is 0 Å². The van der Waals surface area contributed by atoms with E-state index < -0.39 is 0 Å². The van der Waals surface area contributed by atoms with E-state index in [4.69, 9.17) is 2.74 Å². The molecule has 0 saturated carbocycles. The van der Waals surface area contributed by atoms with Crippen LogP contribution in [0, 0.1) is 6.07 Å². The first kappa shape index (κ1) is 1.78. The Labute approximate surface area is 40.2 Å². The van der Waals surface area contributed by atoms with Gasteiger partial charge in [-0.1, -0.05) is 30.3 Å². The molecule has 1 rings (SSSR count). The van der Waals surface area contributed by atoms with Gasteiger partial charge in [-0.15, -0.1) is 0 Å². The van der Waals surface area contributed by atoms with Gasteiger partial charge in [-0.3, -0.25) is 0 Å². The van der Waals surface area contributed by atoms with E-state index in [1.165, 1.54) is 0 Å². The normalized spacial score (nSPS) is 12.7. The molecule has 1 radical (unpaired) electrons. The minimum Gasteiger partial charge on any atom is -0.0622 e. The Hall–Kier alpha value is -0.780. The fourth-order valence-electron chi connectivity index (χ4n) is 0.269. The van der Waals surface area contributed by atoms with Crippen LogP contribution in [0.1, 0.15) is 2.74 Å². The fourth-order valence-corrected chi connectivity index (χ4v) is 0.269. The average molecular weight is 79.1 g/mol. The summed E-state index contributed by atoms with van der Waals surface area (Å²) in [6.07, 6.45) is 0. The first-order valence-electron chi connectivity index (χ1n) is 2.74. The minimum absolute atomic E-state index is 0.275. The van der Waals surface area contributed by atoms with Crippen LogP contribution < -0.4 is 0 Å². The number of rotatable bonds is 0. The van der Waals surface area contributed by atoms with Crippen molar-refractivity contribution < 1.29 is 2.74 Å². The van der Waals surface area contributed by atoms with E-state index in [1.807, 2.05) is 0 Å². The van der Waals surface area contributed by atoms with E-state index in [2.05, 4.69) is 6.07 Å². The molecule has 0 aliphatic rings. The highest BCUT2D eigenvalue weighted by atomic mass is 13.6. The van der Waals surface area contributed by atoms with Crippen LogP contribution in [-0.2, 0) is 0 Å². The van der Waals surface area contributed by atoms with Gasteiger partial charge in [-0.25, -0.2) is 0 Å². The predicted molar refractivity (Wildman–Crippen MR) is 25.3 cm³/mol. The van der Waals surface area contributed by atoms with Crippen LogP contribution in [0.5, 0.6) is 0 Å². The molecule has 0 fully saturated rings. The average Bonchev–Trinajstić information content (AvgIpc) is 1.64. The van der Waals surface area contributed by atoms with Gasteiger partial charge >= 0.3 is 0 Å². The van der Waals surface area contributed by atoms with Crippen molar-refractivity contribution in [2.45, 2.75) is 0 Å². The highest BCUT2D eigenvalue weighted by molar-refractivity contribution is 4.97. The molecule has 0 bridgehead atoms. The third kappa shape index (κ3) is 0.582. The zero-order chi connectivity index (χ0) is 5.98. The molecule has 0 N–H and O–H groups in total. The van der Waals surface area contributed by atoms with Crippen LogP contribution in [0.15, 0.2) is 30.3 Å². The van der Waals surface area contributed by atoms with Gasteiger partial charge in [0.1, 0.15) is 0 Å². The van der Waals surface area contributed by atoms with Crippen LogP contribution in [0.2, 0.25) is 0 Å². The predicted octanol–water partition coefficient (Wildman–Crippen LogP) is 1.49. The summed E-state index contributed by atoms with van der Waals surface area (Å²) in [5.41, 5.74) is 0. The monoisotopic (exact) mass is 79.1 g/mol. The third-order valence-corrected chi connectivity index (χ3v) is 0.503. The minimum atomic E-state index is 0.275. The van der Waals surface area contributed by atoms with Crippen LogP contribution in [0.4, 0.5) is 0 Å². The summed E-state index contributed by atoms with van der Waals surface area (Å²) >= 11 is 0. The van der Waals surface area contributed by atoms with E-state index in [9.17, 15) is 0 Å². The maximum Gasteiger partial charge on any atom is 0.0629 e. The molecule has 0 nitrogen and oxygen atoms in total. The Morgan fingerprint density at radius 3 is 2.17 bits per heavy atom. The van der Waals surface area contributed by atoms with E-state index in [-0.39, 0.29) is 12.1 Å². The standard InChI is InChI=1S/C6H5/c1-2-4-6-5-3-1/h1-5H/i4D,5D. The first-order valence-corrected chi connectivity index (χ1v) is 1.74. The Morgan fingerprint density at radius 1 is 1.17 bits per heavy atom. The van der Waals surface area contributed by atoms with Crippen LogP contribution in [0.3, 0.4) is 0 Å². The van der Waals surface area contributed by atoms with Gasteiger partial charge in [0, 0.05) is 0 Å². The molecule has 6 heavy (non-hydrogen) atoms. The third-order valence-electron chi connectivity index (χ3n) is 0.503. The summed E-state index contributed by atoms with van der Waals surface area (Å²) in [7, 11) is 0. The Kier molecular flexibility index (Phi) is 0.477. The van der Waals surface area contributed by atoms with Crippen molar-refractivity contribution in [2.24, 2.45) is 0 Å². The van der Waals surface area contributed by atoms with Crippen molar-refractivity contribution in [3.05, 3.63) is 36.4 Å². The van der Waals surface area contributed by atoms with E-state index in [1.54, 1.807) is 18.2 Å². The lowest BCUT2D eigenvalue weighted by atomic mass is 10.4. The van der Waals surface area contributed by atoms with Gasteiger partial charge in [-0.05, 0) is 6.07 Å². The van der Waals surface area contributed by atoms with Gasteiger partial charge in [-0.2, -0.15) is 0 Å². The van der Waals surface area contributed by atoms with Crippen molar-refractivity contribution >= 4 is 0 Å². The lowest BCUT2D eigenvalue weighted by Gasteiger charge is -1.68. The largest absolute Gasteiger partial charge is 0.0629 e. The van der Waals surface area contributed by atoms with E-state index in [0.717, 1.165) is 0 Å². The molecule has 1 aromatic carbocycles. The summed E-state index contributed by atoms with van der Waals surface area (Å²) in [5.74, 6) is 0. The van der Waals surface area contributed by atoms with Crippen molar-refractivity contribution in [1.82, 2.24) is 0 Å². The molecule has 0 heterocycles. The molecule has 0 aromatic heterocycles. The van der Waals surface area contributed by atoms with Crippen molar-refractivity contribution in [3.63, 3.8) is 0 Å². The Balaban J connectivity index is 3.08. The lowest BCUT2D eigenvalue weighted by molar-refractivity contribution is 1.70. The molecule has 0 unspecified atom stereocenters. The van der Waals surface area contributed by atoms with E-state index in [0.29, 0.717) is 0 Å². The van der Waals surface area contributed by atoms with Gasteiger partial charge < -0.3 is 0 Å². The molecule has 0 atom stereocenters. The summed E-state index contributed by atoms with van der Waals surface area (Å²) in [4.78, 5) is 0. The Morgan fingerprint density at radius 2 is 1.83 bits per heavy atom. The van der Waals surface area contributed by atoms with Crippen molar-refractivity contribution in [2.75, 3.05) is 0 Å². The second-order valence-corrected chi connectivity index (χ2v) is 0.939. The molecule has 0 saturated heterocycles. The number of hydrogen-bond acceptors (Lipinski definition) is 0. The van der Waals surface area contributed by atoms with Gasteiger partial charge in [0.05, 0.1) is 2.74 Å². The van der Waals surface area contributed by atoms with Gasteiger partial charge in [0.2, 0.25) is 0 Å². The zero-order valence-electron chi connectivity index (χ0n) is 5.23. The maximum atomic E-state index is 6.96. The van der Waals surface area contributed by atoms with Crippen molar-refractivity contribution in [3.8, 4) is 0 Å². The summed E-state index contributed by atoms with van der Waals surface area (Å²) in [6.45, 7) is 0. The second-order valence-electron chi connectivity index (χ2n) is 0.939. The molecule has 29 valence electrons. The SMILES string of the molecule is [2H]c1[c]c([2H])ccc1. The summed E-state index contributed by atoms with van der Waals surface area (Å²) in [5, 5.41) is 0. The number of benzene rings is 1. The molecular weight excluding hydrogens is 72.1 g/mol. The molecule has 0 amide bonds. The molecule has 0 aliphatic carbocycles. The first-order chi connectivity index (χ1) is 3.79. The highest BCUT2D eigenvalue weighted by Crippen LogP contribution is 1.78. The van der Waals surface area contributed by atoms with Crippen LogP contribution >= 0.6 is 0 Å². The summed E-state index contributed by atoms with van der Waals surface area (Å²) < 4.78 is 13.9.